The van der Waals surface area contributed by atoms with Crippen molar-refractivity contribution in [3.63, 3.8) is 0 Å². The van der Waals surface area contributed by atoms with Crippen molar-refractivity contribution in [2.75, 3.05) is 13.6 Å². The van der Waals surface area contributed by atoms with Crippen LogP contribution in [0.2, 0.25) is 0 Å². The summed E-state index contributed by atoms with van der Waals surface area (Å²) in [4.78, 5) is 0. The Kier molecular flexibility index (Phi) is 1.90. The predicted octanol–water partition coefficient (Wildman–Crippen LogP) is 1.25. The summed E-state index contributed by atoms with van der Waals surface area (Å²) in [6, 6.07) is 0. The molecule has 0 spiro atoms. The van der Waals surface area contributed by atoms with Gasteiger partial charge < -0.3 is 5.32 Å². The molecule has 1 atom stereocenters. The highest BCUT2D eigenvalue weighted by Crippen LogP contribution is 2.35. The molecule has 0 heterocycles. The monoisotopic (exact) mass is 113 g/mol. The summed E-state index contributed by atoms with van der Waals surface area (Å²) in [5, 5.41) is 3.19. The van der Waals surface area contributed by atoms with Gasteiger partial charge >= 0.3 is 0 Å². The van der Waals surface area contributed by atoms with Gasteiger partial charge in [-0.1, -0.05) is 6.92 Å². The van der Waals surface area contributed by atoms with E-state index in [1.165, 1.54) is 19.4 Å². The lowest BCUT2D eigenvalue weighted by Gasteiger charge is -2.06. The second kappa shape index (κ2) is 2.49. The highest BCUT2D eigenvalue weighted by molar-refractivity contribution is 4.79. The quantitative estimate of drug-likeness (QED) is 0.581. The second-order valence-electron chi connectivity index (χ2n) is 2.87. The van der Waals surface area contributed by atoms with Crippen molar-refractivity contribution in [1.29, 1.82) is 0 Å². The first-order valence-corrected chi connectivity index (χ1v) is 3.49. The van der Waals surface area contributed by atoms with E-state index in [1.54, 1.807) is 0 Å². The van der Waals surface area contributed by atoms with Crippen molar-refractivity contribution in [2.24, 2.45) is 11.8 Å². The molecule has 1 rings (SSSR count). The number of rotatable bonds is 3. The summed E-state index contributed by atoms with van der Waals surface area (Å²) in [6.07, 6.45) is 2.95. The third kappa shape index (κ3) is 1.48. The first kappa shape index (κ1) is 6.09. The molecule has 1 saturated carbocycles. The van der Waals surface area contributed by atoms with E-state index in [1.807, 2.05) is 7.05 Å². The van der Waals surface area contributed by atoms with E-state index in [0.717, 1.165) is 11.8 Å². The fourth-order valence-electron chi connectivity index (χ4n) is 1.15. The number of hydrogen-bond donors (Lipinski definition) is 1. The minimum atomic E-state index is 0.917. The standard InChI is InChI=1S/C7H15N/c1-6(5-8-2)7-3-4-7/h6-8H,3-5H2,1-2H3/t6-/m1/s1. The maximum Gasteiger partial charge on any atom is -0.00235 e. The Morgan fingerprint density at radius 3 is 2.62 bits per heavy atom. The van der Waals surface area contributed by atoms with Crippen molar-refractivity contribution in [3.8, 4) is 0 Å². The van der Waals surface area contributed by atoms with Crippen LogP contribution in [0.1, 0.15) is 19.8 Å². The molecule has 0 radical (unpaired) electrons. The average molecular weight is 113 g/mol. The first-order valence-electron chi connectivity index (χ1n) is 3.49. The Hall–Kier alpha value is -0.0400. The molecule has 48 valence electrons. The first-order chi connectivity index (χ1) is 3.84. The van der Waals surface area contributed by atoms with Crippen LogP contribution in [0.4, 0.5) is 0 Å². The molecule has 1 heteroatoms. The van der Waals surface area contributed by atoms with E-state index in [-0.39, 0.29) is 0 Å². The summed E-state index contributed by atoms with van der Waals surface area (Å²) in [6.45, 7) is 3.53. The fourth-order valence-corrected chi connectivity index (χ4v) is 1.15. The Bertz CT molecular complexity index is 66.8. The SMILES string of the molecule is CNC[C@@H](C)C1CC1. The summed E-state index contributed by atoms with van der Waals surface area (Å²) >= 11 is 0. The molecular formula is C7H15N. The van der Waals surface area contributed by atoms with Gasteiger partial charge in [-0.05, 0) is 38.3 Å². The van der Waals surface area contributed by atoms with Crippen LogP contribution >= 0.6 is 0 Å². The summed E-state index contributed by atoms with van der Waals surface area (Å²) in [5.74, 6) is 1.97. The summed E-state index contributed by atoms with van der Waals surface area (Å²) in [7, 11) is 2.03. The van der Waals surface area contributed by atoms with E-state index in [9.17, 15) is 0 Å². The number of nitrogens with one attached hydrogen (secondary N) is 1. The lowest BCUT2D eigenvalue weighted by Crippen LogP contribution is -2.17. The van der Waals surface area contributed by atoms with E-state index in [4.69, 9.17) is 0 Å². The van der Waals surface area contributed by atoms with Gasteiger partial charge in [0.25, 0.3) is 0 Å². The van der Waals surface area contributed by atoms with Crippen LogP contribution in [0.25, 0.3) is 0 Å². The Balaban J connectivity index is 2.03. The minimum Gasteiger partial charge on any atom is -0.319 e. The van der Waals surface area contributed by atoms with Gasteiger partial charge in [-0.15, -0.1) is 0 Å². The van der Waals surface area contributed by atoms with Crippen LogP contribution in [-0.4, -0.2) is 13.6 Å². The zero-order valence-corrected chi connectivity index (χ0v) is 5.78. The Labute approximate surface area is 51.5 Å². The highest BCUT2D eigenvalue weighted by atomic mass is 14.8. The summed E-state index contributed by atoms with van der Waals surface area (Å²) < 4.78 is 0. The molecule has 8 heavy (non-hydrogen) atoms. The van der Waals surface area contributed by atoms with Gasteiger partial charge in [-0.25, -0.2) is 0 Å². The molecule has 0 amide bonds. The molecule has 1 fully saturated rings. The topological polar surface area (TPSA) is 12.0 Å². The van der Waals surface area contributed by atoms with Gasteiger partial charge in [0.1, 0.15) is 0 Å². The fraction of sp³-hybridized carbons (Fsp3) is 1.00. The second-order valence-corrected chi connectivity index (χ2v) is 2.87. The van der Waals surface area contributed by atoms with Crippen molar-refractivity contribution < 1.29 is 0 Å². The van der Waals surface area contributed by atoms with Crippen LogP contribution < -0.4 is 5.32 Å². The molecule has 0 unspecified atom stereocenters. The smallest absolute Gasteiger partial charge is 0.00235 e. The lowest BCUT2D eigenvalue weighted by atomic mass is 10.1. The van der Waals surface area contributed by atoms with Crippen molar-refractivity contribution in [1.82, 2.24) is 5.32 Å². The third-order valence-electron chi connectivity index (χ3n) is 1.95. The molecule has 0 aromatic carbocycles. The molecule has 0 aliphatic heterocycles. The molecule has 0 aromatic heterocycles. The zero-order chi connectivity index (χ0) is 5.98. The van der Waals surface area contributed by atoms with Crippen molar-refractivity contribution in [2.45, 2.75) is 19.8 Å². The van der Waals surface area contributed by atoms with E-state index in [0.29, 0.717) is 0 Å². The number of hydrogen-bond acceptors (Lipinski definition) is 1. The van der Waals surface area contributed by atoms with Gasteiger partial charge in [0.05, 0.1) is 0 Å². The van der Waals surface area contributed by atoms with Crippen LogP contribution in [0, 0.1) is 11.8 Å². The maximum absolute atomic E-state index is 3.19. The molecule has 1 aliphatic rings. The van der Waals surface area contributed by atoms with Gasteiger partial charge in [-0.3, -0.25) is 0 Å². The molecule has 1 nitrogen and oxygen atoms in total. The van der Waals surface area contributed by atoms with Crippen LogP contribution in [0.15, 0.2) is 0 Å². The third-order valence-corrected chi connectivity index (χ3v) is 1.95. The van der Waals surface area contributed by atoms with E-state index < -0.39 is 0 Å². The highest BCUT2D eigenvalue weighted by Gasteiger charge is 2.26. The Morgan fingerprint density at radius 1 is 1.62 bits per heavy atom. The molecule has 0 saturated heterocycles. The molecule has 1 aliphatic carbocycles. The van der Waals surface area contributed by atoms with E-state index >= 15 is 0 Å². The predicted molar refractivity (Wildman–Crippen MR) is 35.8 cm³/mol. The molecule has 0 bridgehead atoms. The Morgan fingerprint density at radius 2 is 2.25 bits per heavy atom. The molecular weight excluding hydrogens is 98.1 g/mol. The molecule has 1 N–H and O–H groups in total. The normalized spacial score (nSPS) is 23.2. The largest absolute Gasteiger partial charge is 0.319 e. The van der Waals surface area contributed by atoms with Crippen molar-refractivity contribution in [3.05, 3.63) is 0 Å². The van der Waals surface area contributed by atoms with Gasteiger partial charge in [0, 0.05) is 0 Å². The van der Waals surface area contributed by atoms with Crippen LogP contribution in [0.5, 0.6) is 0 Å². The van der Waals surface area contributed by atoms with Gasteiger partial charge in [-0.2, -0.15) is 0 Å². The zero-order valence-electron chi connectivity index (χ0n) is 5.78. The average Bonchev–Trinajstić information content (AvgIpc) is 2.45. The van der Waals surface area contributed by atoms with Crippen LogP contribution in [0.3, 0.4) is 0 Å². The lowest BCUT2D eigenvalue weighted by molar-refractivity contribution is 0.483. The van der Waals surface area contributed by atoms with Gasteiger partial charge in [0.2, 0.25) is 0 Å². The minimum absolute atomic E-state index is 0.917. The summed E-state index contributed by atoms with van der Waals surface area (Å²) in [5.41, 5.74) is 0. The maximum atomic E-state index is 3.19. The van der Waals surface area contributed by atoms with Crippen molar-refractivity contribution >= 4 is 0 Å². The molecule has 0 aromatic rings. The van der Waals surface area contributed by atoms with E-state index in [2.05, 4.69) is 12.2 Å². The van der Waals surface area contributed by atoms with Crippen LogP contribution in [-0.2, 0) is 0 Å². The van der Waals surface area contributed by atoms with Gasteiger partial charge in [0.15, 0.2) is 0 Å².